The molecule has 0 radical (unpaired) electrons. The molecule has 0 unspecified atom stereocenters. The first-order valence-corrected chi connectivity index (χ1v) is 9.91. The van der Waals surface area contributed by atoms with Gasteiger partial charge in [0.25, 0.3) is 0 Å². The van der Waals surface area contributed by atoms with Gasteiger partial charge in [0.15, 0.2) is 5.96 Å². The number of benzene rings is 1. The van der Waals surface area contributed by atoms with Crippen LogP contribution in [0.25, 0.3) is 0 Å². The number of piperidine rings is 1. The number of rotatable bonds is 7. The molecule has 2 N–H and O–H groups in total. The molecule has 0 bridgehead atoms. The number of carbonyl (C=O) groups is 1. The van der Waals surface area contributed by atoms with Crippen LogP contribution in [0.15, 0.2) is 29.3 Å². The minimum Gasteiger partial charge on any atom is -0.465 e. The average molecular weight is 375 g/mol. The fourth-order valence-electron chi connectivity index (χ4n) is 3.29. The molecule has 0 aliphatic carbocycles. The number of carbonyl (C=O) groups excluding carboxylic acids is 1. The maximum atomic E-state index is 11.5. The van der Waals surface area contributed by atoms with Crippen LogP contribution in [0.3, 0.4) is 0 Å². The Morgan fingerprint density at radius 3 is 2.41 bits per heavy atom. The fourth-order valence-corrected chi connectivity index (χ4v) is 3.29. The van der Waals surface area contributed by atoms with Crippen LogP contribution in [0.4, 0.5) is 0 Å². The van der Waals surface area contributed by atoms with E-state index >= 15 is 0 Å². The first-order valence-electron chi connectivity index (χ1n) is 9.91. The SMILES string of the molecule is CCNC(=NCc1ccc(C(=O)OC)cc1)NCC(C)(C)N1CCCCC1. The van der Waals surface area contributed by atoms with Gasteiger partial charge in [-0.15, -0.1) is 0 Å². The van der Waals surface area contributed by atoms with E-state index in [4.69, 9.17) is 4.74 Å². The normalized spacial score (nSPS) is 16.1. The number of hydrogen-bond acceptors (Lipinski definition) is 4. The van der Waals surface area contributed by atoms with Crippen LogP contribution in [0.1, 0.15) is 56.0 Å². The summed E-state index contributed by atoms with van der Waals surface area (Å²) in [5, 5.41) is 6.80. The van der Waals surface area contributed by atoms with Crippen molar-refractivity contribution in [3.8, 4) is 0 Å². The Balaban J connectivity index is 1.94. The van der Waals surface area contributed by atoms with Gasteiger partial charge >= 0.3 is 5.97 Å². The maximum absolute atomic E-state index is 11.5. The van der Waals surface area contributed by atoms with Crippen molar-refractivity contribution in [3.05, 3.63) is 35.4 Å². The summed E-state index contributed by atoms with van der Waals surface area (Å²) in [4.78, 5) is 18.8. The molecule has 0 spiro atoms. The molecule has 1 aromatic carbocycles. The summed E-state index contributed by atoms with van der Waals surface area (Å²) in [6.07, 6.45) is 3.93. The number of hydrogen-bond donors (Lipinski definition) is 2. The molecule has 27 heavy (non-hydrogen) atoms. The summed E-state index contributed by atoms with van der Waals surface area (Å²) in [5.41, 5.74) is 1.70. The second-order valence-electron chi connectivity index (χ2n) is 7.60. The second-order valence-corrected chi connectivity index (χ2v) is 7.60. The van der Waals surface area contributed by atoms with Gasteiger partial charge in [-0.25, -0.2) is 9.79 Å². The highest BCUT2D eigenvalue weighted by Crippen LogP contribution is 2.19. The van der Waals surface area contributed by atoms with E-state index in [1.54, 1.807) is 12.1 Å². The molecule has 0 saturated carbocycles. The van der Waals surface area contributed by atoms with Crippen molar-refractivity contribution in [2.45, 2.75) is 52.1 Å². The average Bonchev–Trinajstić information content (AvgIpc) is 2.70. The summed E-state index contributed by atoms with van der Waals surface area (Å²) in [7, 11) is 1.39. The molecule has 2 rings (SSSR count). The zero-order valence-corrected chi connectivity index (χ0v) is 17.2. The Hall–Kier alpha value is -2.08. The van der Waals surface area contributed by atoms with Gasteiger partial charge in [-0.2, -0.15) is 0 Å². The van der Waals surface area contributed by atoms with E-state index in [1.165, 1.54) is 39.5 Å². The highest BCUT2D eigenvalue weighted by atomic mass is 16.5. The molecule has 1 aromatic rings. The van der Waals surface area contributed by atoms with Gasteiger partial charge in [0.2, 0.25) is 0 Å². The lowest BCUT2D eigenvalue weighted by Crippen LogP contribution is -2.54. The van der Waals surface area contributed by atoms with Crippen molar-refractivity contribution in [1.29, 1.82) is 0 Å². The molecule has 1 heterocycles. The Morgan fingerprint density at radius 2 is 1.81 bits per heavy atom. The predicted molar refractivity (Wildman–Crippen MR) is 110 cm³/mol. The lowest BCUT2D eigenvalue weighted by molar-refractivity contribution is 0.0600. The van der Waals surface area contributed by atoms with Crippen LogP contribution in [0.2, 0.25) is 0 Å². The number of aliphatic imine (C=N–C) groups is 1. The Bertz CT molecular complexity index is 620. The fraction of sp³-hybridized carbons (Fsp3) is 0.619. The highest BCUT2D eigenvalue weighted by molar-refractivity contribution is 5.89. The molecule has 0 aromatic heterocycles. The standard InChI is InChI=1S/C21H34N4O2/c1-5-22-20(24-16-21(2,3)25-13-7-6-8-14-25)23-15-17-9-11-18(12-10-17)19(26)27-4/h9-12H,5-8,13-16H2,1-4H3,(H2,22,23,24). The third kappa shape index (κ3) is 6.54. The smallest absolute Gasteiger partial charge is 0.337 e. The van der Waals surface area contributed by atoms with E-state index in [9.17, 15) is 4.79 Å². The van der Waals surface area contributed by atoms with Gasteiger partial charge in [-0.3, -0.25) is 4.90 Å². The monoisotopic (exact) mass is 374 g/mol. The first kappa shape index (κ1) is 21.2. The van der Waals surface area contributed by atoms with Crippen LogP contribution < -0.4 is 10.6 Å². The Labute approximate surface area is 163 Å². The van der Waals surface area contributed by atoms with Gasteiger partial charge in [-0.1, -0.05) is 18.6 Å². The second kappa shape index (κ2) is 10.3. The van der Waals surface area contributed by atoms with Crippen molar-refractivity contribution < 1.29 is 9.53 Å². The summed E-state index contributed by atoms with van der Waals surface area (Å²) in [6.45, 7) is 11.2. The summed E-state index contributed by atoms with van der Waals surface area (Å²) >= 11 is 0. The Kier molecular flexibility index (Phi) is 8.10. The van der Waals surface area contributed by atoms with E-state index < -0.39 is 0 Å². The zero-order chi connectivity index (χ0) is 19.7. The van der Waals surface area contributed by atoms with E-state index in [0.717, 1.165) is 24.6 Å². The quantitative estimate of drug-likeness (QED) is 0.436. The van der Waals surface area contributed by atoms with E-state index in [2.05, 4.69) is 41.3 Å². The number of likely N-dealkylation sites (tertiary alicyclic amines) is 1. The minimum atomic E-state index is -0.319. The molecule has 0 amide bonds. The van der Waals surface area contributed by atoms with Crippen molar-refractivity contribution in [2.24, 2.45) is 4.99 Å². The minimum absolute atomic E-state index is 0.0960. The number of esters is 1. The topological polar surface area (TPSA) is 66.0 Å². The molecule has 1 saturated heterocycles. The summed E-state index contributed by atoms with van der Waals surface area (Å²) in [5.74, 6) is 0.500. The van der Waals surface area contributed by atoms with Gasteiger partial charge in [0.05, 0.1) is 19.2 Å². The highest BCUT2D eigenvalue weighted by Gasteiger charge is 2.27. The van der Waals surface area contributed by atoms with Crippen molar-refractivity contribution in [3.63, 3.8) is 0 Å². The molecule has 1 aliphatic heterocycles. The van der Waals surface area contributed by atoms with E-state index in [0.29, 0.717) is 12.1 Å². The van der Waals surface area contributed by atoms with E-state index in [1.807, 2.05) is 12.1 Å². The third-order valence-electron chi connectivity index (χ3n) is 5.04. The molecule has 6 nitrogen and oxygen atoms in total. The van der Waals surface area contributed by atoms with Crippen LogP contribution in [0, 0.1) is 0 Å². The summed E-state index contributed by atoms with van der Waals surface area (Å²) < 4.78 is 4.73. The van der Waals surface area contributed by atoms with Gasteiger partial charge in [0, 0.05) is 18.6 Å². The molecular formula is C21H34N4O2. The van der Waals surface area contributed by atoms with Gasteiger partial charge in [0.1, 0.15) is 0 Å². The molecule has 0 atom stereocenters. The van der Waals surface area contributed by atoms with Crippen LogP contribution >= 0.6 is 0 Å². The van der Waals surface area contributed by atoms with Crippen LogP contribution in [0.5, 0.6) is 0 Å². The van der Waals surface area contributed by atoms with Crippen molar-refractivity contribution >= 4 is 11.9 Å². The number of nitrogens with zero attached hydrogens (tertiary/aromatic N) is 2. The molecule has 150 valence electrons. The van der Waals surface area contributed by atoms with Gasteiger partial charge < -0.3 is 15.4 Å². The molecule has 1 fully saturated rings. The van der Waals surface area contributed by atoms with Crippen LogP contribution in [-0.4, -0.2) is 55.7 Å². The van der Waals surface area contributed by atoms with Crippen molar-refractivity contribution in [1.82, 2.24) is 15.5 Å². The molecular weight excluding hydrogens is 340 g/mol. The summed E-state index contributed by atoms with van der Waals surface area (Å²) in [6, 6.07) is 7.38. The molecule has 6 heteroatoms. The zero-order valence-electron chi connectivity index (χ0n) is 17.2. The van der Waals surface area contributed by atoms with Gasteiger partial charge in [-0.05, 0) is 64.4 Å². The lowest BCUT2D eigenvalue weighted by atomic mass is 9.98. The maximum Gasteiger partial charge on any atom is 0.337 e. The molecule has 1 aliphatic rings. The number of ether oxygens (including phenoxy) is 1. The van der Waals surface area contributed by atoms with Crippen LogP contribution in [-0.2, 0) is 11.3 Å². The number of nitrogens with one attached hydrogen (secondary N) is 2. The lowest BCUT2D eigenvalue weighted by Gasteiger charge is -2.41. The Morgan fingerprint density at radius 1 is 1.15 bits per heavy atom. The number of methoxy groups -OCH3 is 1. The number of guanidine groups is 1. The predicted octanol–water partition coefficient (Wildman–Crippen LogP) is 2.79. The van der Waals surface area contributed by atoms with Crippen molar-refractivity contribution in [2.75, 3.05) is 33.3 Å². The van der Waals surface area contributed by atoms with E-state index in [-0.39, 0.29) is 11.5 Å². The largest absolute Gasteiger partial charge is 0.465 e. The first-order chi connectivity index (χ1) is 13.0. The third-order valence-corrected chi connectivity index (χ3v) is 5.04.